The van der Waals surface area contributed by atoms with Crippen molar-refractivity contribution < 1.29 is 80.0 Å². The van der Waals surface area contributed by atoms with Crippen LogP contribution in [0.1, 0.15) is 70.6 Å². The Morgan fingerprint density at radius 2 is 1.12 bits per heavy atom. The van der Waals surface area contributed by atoms with Crippen molar-refractivity contribution in [1.82, 2.24) is 48.8 Å². The highest BCUT2D eigenvalue weighted by atomic mass is 31.2. The van der Waals surface area contributed by atoms with E-state index in [2.05, 4.69) is 45.4 Å². The Bertz CT molecular complexity index is 4330. The molecular formula is C68H71FN13O16P. The van der Waals surface area contributed by atoms with E-state index in [9.17, 15) is 24.3 Å². The highest BCUT2D eigenvalue weighted by Gasteiger charge is 2.54. The van der Waals surface area contributed by atoms with Gasteiger partial charge in [0, 0.05) is 38.3 Å². The van der Waals surface area contributed by atoms with Crippen LogP contribution in [0.2, 0.25) is 0 Å². The standard InChI is InChI=1S/C68H71FN13O16P/c1-67(2,3)97-66(87)80(6)34-33-79(5)65(86)96-56-54(83)49(94-64(56)82-41-76-53-58(72-39-74-60(53)82)78-62(85)43-20-14-10-15-21-43)37-93-99(88,92-35-32-70-4)98-55-50(95-63(51(55)69)81-40-75-52-57(71-38-73-59(52)81)77-61(84)42-18-12-9-13-19-42)36-91-68(44-22-16-11-17-23-44,45-24-28-47(89-7)29-25-45)46-26-30-48(90-8)31-27-46/h9-31,38-41,49-51,54-56,63-64,83H,32-37H2,1-3,5-8H3,(H,71,73,77,84)(H,72,74,78,85)/t49-,50-,51-,54-,55-,56-,63-,64-,99?/m1/s1. The van der Waals surface area contributed by atoms with Gasteiger partial charge in [-0.15, -0.1) is 0 Å². The maximum absolute atomic E-state index is 18.4. The molecule has 5 aromatic carbocycles. The van der Waals surface area contributed by atoms with Gasteiger partial charge < -0.3 is 63.5 Å². The van der Waals surface area contributed by atoms with E-state index in [1.165, 1.54) is 55.0 Å². The highest BCUT2D eigenvalue weighted by Crippen LogP contribution is 2.55. The number of alkyl halides is 1. The molecule has 2 saturated heterocycles. The molecule has 9 aromatic rings. The summed E-state index contributed by atoms with van der Waals surface area (Å²) < 4.78 is 98.1. The summed E-state index contributed by atoms with van der Waals surface area (Å²) in [6, 6.07) is 40.2. The summed E-state index contributed by atoms with van der Waals surface area (Å²) in [5.74, 6) is 0.0288. The maximum atomic E-state index is 18.4. The number of carbonyl (C=O) groups excluding carboxylic acids is 4. The predicted molar refractivity (Wildman–Crippen MR) is 354 cm³/mol. The number of fused-ring (bicyclic) bond motifs is 2. The van der Waals surface area contributed by atoms with E-state index in [-0.39, 0.29) is 53.6 Å². The van der Waals surface area contributed by atoms with Gasteiger partial charge in [-0.05, 0) is 86.0 Å². The molecule has 0 spiro atoms. The number of imidazole rings is 2. The van der Waals surface area contributed by atoms with Crippen LogP contribution >= 0.6 is 7.82 Å². The number of likely N-dealkylation sites (N-methyl/N-ethyl adjacent to an activating group) is 2. The van der Waals surface area contributed by atoms with Crippen LogP contribution in [-0.4, -0.2) is 188 Å². The Hall–Kier alpha value is -10.4. The molecular weight excluding hydrogens is 1300 g/mol. The van der Waals surface area contributed by atoms with Crippen LogP contribution in [0, 0.1) is 6.57 Å². The number of rotatable bonds is 26. The second kappa shape index (κ2) is 30.6. The van der Waals surface area contributed by atoms with E-state index in [0.717, 1.165) is 17.6 Å². The zero-order chi connectivity index (χ0) is 70.0. The molecule has 2 aliphatic rings. The SMILES string of the molecule is [C-]#[N+]CCOP(=O)(OC[C@H]1O[C@@H](n2cnc3c(NC(=O)c4ccccc4)ncnc32)[C@H](OC(=O)N(C)CCN(C)C(=O)OC(C)(C)C)[C@@H]1O)O[C@H]1[C@@H](F)[C@H](n2cnc3c(NC(=O)c4ccccc4)ncnc32)O[C@@H]1COC(c1ccccc1)(c1ccc(OC)cc1)c1ccc(OC)cc1. The van der Waals surface area contributed by atoms with Crippen LogP contribution in [0.4, 0.5) is 25.6 Å². The molecule has 516 valence electrons. The van der Waals surface area contributed by atoms with Gasteiger partial charge in [0.2, 0.25) is 6.54 Å². The molecule has 0 radical (unpaired) electrons. The number of phosphoric acid groups is 1. The number of methoxy groups -OCH3 is 2. The van der Waals surface area contributed by atoms with Crippen molar-refractivity contribution in [2.75, 3.05) is 78.4 Å². The van der Waals surface area contributed by atoms with Crippen molar-refractivity contribution in [1.29, 1.82) is 0 Å². The molecule has 99 heavy (non-hydrogen) atoms. The molecule has 2 aliphatic heterocycles. The molecule has 11 rings (SSSR count). The number of anilines is 2. The van der Waals surface area contributed by atoms with Gasteiger partial charge in [0.05, 0.1) is 40.1 Å². The van der Waals surface area contributed by atoms with Gasteiger partial charge in [-0.25, -0.2) is 55.0 Å². The number of hydrogen-bond donors (Lipinski definition) is 3. The minimum atomic E-state index is -5.25. The molecule has 3 N–H and O–H groups in total. The van der Waals surface area contributed by atoms with Gasteiger partial charge in [-0.1, -0.05) is 91.0 Å². The molecule has 2 fully saturated rings. The van der Waals surface area contributed by atoms with E-state index >= 15 is 8.96 Å². The number of carbonyl (C=O) groups is 4. The summed E-state index contributed by atoms with van der Waals surface area (Å²) in [6.07, 6.45) is -11.0. The van der Waals surface area contributed by atoms with Crippen molar-refractivity contribution in [2.45, 2.75) is 81.1 Å². The minimum Gasteiger partial charge on any atom is -0.497 e. The van der Waals surface area contributed by atoms with E-state index in [1.54, 1.807) is 106 Å². The van der Waals surface area contributed by atoms with Gasteiger partial charge in [0.15, 0.2) is 58.7 Å². The van der Waals surface area contributed by atoms with Crippen molar-refractivity contribution in [2.24, 2.45) is 0 Å². The number of nitrogens with one attached hydrogen (secondary N) is 2. The average Bonchev–Trinajstić information content (AvgIpc) is 1.38. The van der Waals surface area contributed by atoms with Crippen molar-refractivity contribution >= 4 is 65.8 Å². The monoisotopic (exact) mass is 1380 g/mol. The normalized spacial score (nSPS) is 19.8. The number of benzene rings is 5. The quantitative estimate of drug-likeness (QED) is 0.0197. The lowest BCUT2D eigenvalue weighted by atomic mass is 9.80. The summed E-state index contributed by atoms with van der Waals surface area (Å²) in [5.41, 5.74) is 0.243. The molecule has 0 bridgehead atoms. The number of aromatic nitrogens is 8. The third-order valence-electron chi connectivity index (χ3n) is 16.1. The lowest BCUT2D eigenvalue weighted by molar-refractivity contribution is -0.0950. The van der Waals surface area contributed by atoms with Crippen LogP contribution in [0.25, 0.3) is 27.2 Å². The highest BCUT2D eigenvalue weighted by molar-refractivity contribution is 7.48. The van der Waals surface area contributed by atoms with E-state index in [1.807, 2.05) is 54.6 Å². The number of nitrogens with zero attached hydrogens (tertiary/aromatic N) is 11. The molecule has 4 aromatic heterocycles. The zero-order valence-corrected chi connectivity index (χ0v) is 55.7. The number of phosphoric ester groups is 1. The predicted octanol–water partition coefficient (Wildman–Crippen LogP) is 9.44. The first-order chi connectivity index (χ1) is 47.7. The van der Waals surface area contributed by atoms with Crippen LogP contribution in [0.15, 0.2) is 165 Å². The number of halogens is 1. The molecule has 9 atom stereocenters. The van der Waals surface area contributed by atoms with Crippen molar-refractivity contribution in [3.8, 4) is 11.5 Å². The smallest absolute Gasteiger partial charge is 0.475 e. The third kappa shape index (κ3) is 15.7. The molecule has 31 heteroatoms. The first-order valence-corrected chi connectivity index (χ1v) is 32.6. The Kier molecular flexibility index (Phi) is 21.6. The number of aliphatic hydroxyl groups excluding tert-OH is 1. The van der Waals surface area contributed by atoms with Crippen molar-refractivity contribution in [3.05, 3.63) is 204 Å². The number of ether oxygens (including phenoxy) is 7. The lowest BCUT2D eigenvalue weighted by Gasteiger charge is -2.37. The molecule has 4 amide bonds. The molecule has 6 heterocycles. The Morgan fingerprint density at radius 1 is 0.636 bits per heavy atom. The zero-order valence-electron chi connectivity index (χ0n) is 54.8. The van der Waals surface area contributed by atoms with E-state index in [4.69, 9.17) is 53.3 Å². The second-order valence-corrected chi connectivity index (χ2v) is 25.4. The second-order valence-electron chi connectivity index (χ2n) is 23.8. The van der Waals surface area contributed by atoms with Crippen LogP contribution in [0.5, 0.6) is 11.5 Å². The van der Waals surface area contributed by atoms with Gasteiger partial charge in [0.1, 0.15) is 66.4 Å². The molecule has 0 saturated carbocycles. The third-order valence-corrected chi connectivity index (χ3v) is 17.6. The molecule has 1 unspecified atom stereocenters. The average molecular weight is 1380 g/mol. The summed E-state index contributed by atoms with van der Waals surface area (Å²) in [5, 5.41) is 17.9. The first-order valence-electron chi connectivity index (χ1n) is 31.2. The summed E-state index contributed by atoms with van der Waals surface area (Å²) in [7, 11) is 0.704. The van der Waals surface area contributed by atoms with Crippen LogP contribution in [-0.2, 0) is 47.4 Å². The van der Waals surface area contributed by atoms with Crippen LogP contribution < -0.4 is 20.1 Å². The lowest BCUT2D eigenvalue weighted by Crippen LogP contribution is -2.43. The number of amides is 4. The van der Waals surface area contributed by atoms with Crippen molar-refractivity contribution in [3.63, 3.8) is 0 Å². The molecule has 0 aliphatic carbocycles. The van der Waals surface area contributed by atoms with Gasteiger partial charge in [0.25, 0.3) is 11.8 Å². The van der Waals surface area contributed by atoms with E-state index in [0.29, 0.717) is 39.3 Å². The molecule has 29 nitrogen and oxygen atoms in total. The first kappa shape index (κ1) is 70.0. The topological polar surface area (TPSA) is 320 Å². The van der Waals surface area contributed by atoms with Gasteiger partial charge in [-0.2, -0.15) is 0 Å². The summed E-state index contributed by atoms with van der Waals surface area (Å²) >= 11 is 0. The Balaban J connectivity index is 0.934. The summed E-state index contributed by atoms with van der Waals surface area (Å²) in [6.45, 7) is 10.3. The maximum Gasteiger partial charge on any atom is 0.475 e. The fraction of sp³-hybridized carbons (Fsp3) is 0.338. The Morgan fingerprint density at radius 3 is 1.63 bits per heavy atom. The largest absolute Gasteiger partial charge is 0.497 e. The minimum absolute atomic E-state index is 0.00471. The fourth-order valence-electron chi connectivity index (χ4n) is 11.1. The number of hydrogen-bond acceptors (Lipinski definition) is 22. The van der Waals surface area contributed by atoms with Gasteiger partial charge in [-0.3, -0.25) is 32.3 Å². The van der Waals surface area contributed by atoms with E-state index < -0.39 is 112 Å². The summed E-state index contributed by atoms with van der Waals surface area (Å²) in [4.78, 5) is 86.0. The fourth-order valence-corrected chi connectivity index (χ4v) is 12.5. The number of aliphatic hydroxyl groups is 1. The van der Waals surface area contributed by atoms with Crippen LogP contribution in [0.3, 0.4) is 0 Å². The van der Waals surface area contributed by atoms with Gasteiger partial charge >= 0.3 is 20.0 Å². The Labute approximate surface area is 567 Å².